The van der Waals surface area contributed by atoms with Crippen molar-refractivity contribution in [1.82, 2.24) is 9.80 Å². The van der Waals surface area contributed by atoms with Gasteiger partial charge in [-0.25, -0.2) is 4.79 Å². The summed E-state index contributed by atoms with van der Waals surface area (Å²) < 4.78 is 5.30. The Kier molecular flexibility index (Phi) is 5.39. The highest BCUT2D eigenvalue weighted by Crippen LogP contribution is 2.07. The molecule has 20 heavy (non-hydrogen) atoms. The molecular formula is C15H19N3O2. The van der Waals surface area contributed by atoms with Crippen molar-refractivity contribution in [3.63, 3.8) is 0 Å². The minimum atomic E-state index is -0.256. The molecule has 0 radical (unpaired) electrons. The van der Waals surface area contributed by atoms with Gasteiger partial charge in [-0.05, 0) is 5.56 Å². The summed E-state index contributed by atoms with van der Waals surface area (Å²) in [5.74, 6) is 0. The first kappa shape index (κ1) is 14.4. The van der Waals surface area contributed by atoms with E-state index in [2.05, 4.69) is 11.0 Å². The van der Waals surface area contributed by atoms with Gasteiger partial charge in [0.15, 0.2) is 0 Å². The first-order valence-corrected chi connectivity index (χ1v) is 6.84. The summed E-state index contributed by atoms with van der Waals surface area (Å²) in [4.78, 5) is 15.9. The van der Waals surface area contributed by atoms with E-state index in [1.807, 2.05) is 30.3 Å². The molecule has 1 aromatic rings. The molecular weight excluding hydrogens is 254 g/mol. The summed E-state index contributed by atoms with van der Waals surface area (Å²) in [5.41, 5.74) is 0.994. The Hall–Kier alpha value is -2.06. The van der Waals surface area contributed by atoms with Crippen LogP contribution in [0.2, 0.25) is 0 Å². The maximum atomic E-state index is 11.9. The molecule has 0 unspecified atom stereocenters. The molecule has 0 N–H and O–H groups in total. The standard InChI is InChI=1S/C15H19N3O2/c16-7-4-8-17-9-11-18(12-10-17)15(19)20-13-14-5-2-1-3-6-14/h1-3,5-6H,4,8-13H2. The highest BCUT2D eigenvalue weighted by atomic mass is 16.6. The average molecular weight is 273 g/mol. The first-order valence-electron chi connectivity index (χ1n) is 6.84. The van der Waals surface area contributed by atoms with Gasteiger partial charge < -0.3 is 9.64 Å². The normalized spacial score (nSPS) is 15.7. The van der Waals surface area contributed by atoms with E-state index in [9.17, 15) is 4.79 Å². The van der Waals surface area contributed by atoms with Crippen LogP contribution in [0.15, 0.2) is 30.3 Å². The molecule has 2 rings (SSSR count). The predicted octanol–water partition coefficient (Wildman–Crippen LogP) is 1.85. The smallest absolute Gasteiger partial charge is 0.410 e. The fourth-order valence-corrected chi connectivity index (χ4v) is 2.17. The zero-order valence-electron chi connectivity index (χ0n) is 11.5. The van der Waals surface area contributed by atoms with Gasteiger partial charge in [-0.1, -0.05) is 30.3 Å². The van der Waals surface area contributed by atoms with Gasteiger partial charge in [0.2, 0.25) is 0 Å². The number of rotatable bonds is 4. The van der Waals surface area contributed by atoms with Crippen LogP contribution < -0.4 is 0 Å². The molecule has 1 heterocycles. The lowest BCUT2D eigenvalue weighted by Gasteiger charge is -2.33. The maximum absolute atomic E-state index is 11.9. The van der Waals surface area contributed by atoms with Crippen molar-refractivity contribution in [2.75, 3.05) is 32.7 Å². The minimum absolute atomic E-state index is 0.256. The number of benzene rings is 1. The molecule has 0 bridgehead atoms. The lowest BCUT2D eigenvalue weighted by Crippen LogP contribution is -2.48. The van der Waals surface area contributed by atoms with Gasteiger partial charge in [-0.15, -0.1) is 0 Å². The number of nitriles is 1. The molecule has 1 amide bonds. The van der Waals surface area contributed by atoms with E-state index in [1.165, 1.54) is 0 Å². The third kappa shape index (κ3) is 4.25. The summed E-state index contributed by atoms with van der Waals surface area (Å²) in [5, 5.41) is 8.55. The number of carbonyl (C=O) groups is 1. The van der Waals surface area contributed by atoms with Gasteiger partial charge in [0.1, 0.15) is 6.61 Å². The Balaban J connectivity index is 1.71. The Morgan fingerprint density at radius 2 is 1.90 bits per heavy atom. The van der Waals surface area contributed by atoms with E-state index in [1.54, 1.807) is 4.90 Å². The van der Waals surface area contributed by atoms with Crippen molar-refractivity contribution in [2.24, 2.45) is 0 Å². The van der Waals surface area contributed by atoms with Crippen molar-refractivity contribution in [3.8, 4) is 6.07 Å². The van der Waals surface area contributed by atoms with Crippen molar-refractivity contribution in [3.05, 3.63) is 35.9 Å². The van der Waals surface area contributed by atoms with Crippen molar-refractivity contribution in [1.29, 1.82) is 5.26 Å². The van der Waals surface area contributed by atoms with Crippen molar-refractivity contribution < 1.29 is 9.53 Å². The fraction of sp³-hybridized carbons (Fsp3) is 0.467. The summed E-state index contributed by atoms with van der Waals surface area (Å²) in [6.07, 6.45) is 0.284. The second-order valence-electron chi connectivity index (χ2n) is 4.78. The zero-order chi connectivity index (χ0) is 14.2. The van der Waals surface area contributed by atoms with Crippen molar-refractivity contribution >= 4 is 6.09 Å². The third-order valence-corrected chi connectivity index (χ3v) is 3.38. The molecule has 0 aromatic heterocycles. The number of ether oxygens (including phenoxy) is 1. The second kappa shape index (κ2) is 7.51. The van der Waals surface area contributed by atoms with E-state index in [0.29, 0.717) is 26.1 Å². The van der Waals surface area contributed by atoms with E-state index in [4.69, 9.17) is 10.00 Å². The number of piperazine rings is 1. The molecule has 1 fully saturated rings. The monoisotopic (exact) mass is 273 g/mol. The van der Waals surface area contributed by atoms with Crippen LogP contribution in [-0.2, 0) is 11.3 Å². The number of hydrogen-bond acceptors (Lipinski definition) is 4. The number of amides is 1. The van der Waals surface area contributed by atoms with E-state index in [-0.39, 0.29) is 6.09 Å². The van der Waals surface area contributed by atoms with Gasteiger partial charge in [0.25, 0.3) is 0 Å². The fourth-order valence-electron chi connectivity index (χ4n) is 2.17. The quantitative estimate of drug-likeness (QED) is 0.840. The lowest BCUT2D eigenvalue weighted by atomic mass is 10.2. The van der Waals surface area contributed by atoms with Crippen molar-refractivity contribution in [2.45, 2.75) is 13.0 Å². The van der Waals surface area contributed by atoms with Crippen LogP contribution >= 0.6 is 0 Å². The molecule has 0 saturated carbocycles. The van der Waals surface area contributed by atoms with Gasteiger partial charge >= 0.3 is 6.09 Å². The van der Waals surface area contributed by atoms with Crippen LogP contribution in [-0.4, -0.2) is 48.6 Å². The van der Waals surface area contributed by atoms with Crippen LogP contribution in [0, 0.1) is 11.3 Å². The van der Waals surface area contributed by atoms with Crippen LogP contribution in [0.4, 0.5) is 4.79 Å². The Morgan fingerprint density at radius 3 is 2.55 bits per heavy atom. The van der Waals surface area contributed by atoms with Gasteiger partial charge in [-0.3, -0.25) is 4.90 Å². The summed E-state index contributed by atoms with van der Waals surface area (Å²) in [6.45, 7) is 4.04. The largest absolute Gasteiger partial charge is 0.445 e. The van der Waals surface area contributed by atoms with Gasteiger partial charge in [0, 0.05) is 39.1 Å². The topological polar surface area (TPSA) is 56.6 Å². The molecule has 0 spiro atoms. The SMILES string of the molecule is N#CCCN1CCN(C(=O)OCc2ccccc2)CC1. The molecule has 1 aliphatic heterocycles. The zero-order valence-corrected chi connectivity index (χ0v) is 11.5. The molecule has 0 atom stereocenters. The Bertz CT molecular complexity index is 462. The number of carbonyl (C=O) groups excluding carboxylic acids is 1. The highest BCUT2D eigenvalue weighted by Gasteiger charge is 2.21. The van der Waals surface area contributed by atoms with Crippen LogP contribution in [0.5, 0.6) is 0 Å². The van der Waals surface area contributed by atoms with Crippen LogP contribution in [0.1, 0.15) is 12.0 Å². The van der Waals surface area contributed by atoms with Crippen LogP contribution in [0.25, 0.3) is 0 Å². The molecule has 1 aromatic carbocycles. The molecule has 1 saturated heterocycles. The van der Waals surface area contributed by atoms with E-state index in [0.717, 1.165) is 25.2 Å². The molecule has 106 valence electrons. The third-order valence-electron chi connectivity index (χ3n) is 3.38. The van der Waals surface area contributed by atoms with Gasteiger partial charge in [-0.2, -0.15) is 5.26 Å². The lowest BCUT2D eigenvalue weighted by molar-refractivity contribution is 0.0721. The summed E-state index contributed by atoms with van der Waals surface area (Å²) in [7, 11) is 0. The second-order valence-corrected chi connectivity index (χ2v) is 4.78. The first-order chi connectivity index (χ1) is 9.79. The summed E-state index contributed by atoms with van der Waals surface area (Å²) >= 11 is 0. The Labute approximate surface area is 119 Å². The highest BCUT2D eigenvalue weighted by molar-refractivity contribution is 5.67. The average Bonchev–Trinajstić information content (AvgIpc) is 2.52. The Morgan fingerprint density at radius 1 is 1.20 bits per heavy atom. The minimum Gasteiger partial charge on any atom is -0.445 e. The maximum Gasteiger partial charge on any atom is 0.410 e. The summed E-state index contributed by atoms with van der Waals surface area (Å²) in [6, 6.07) is 11.8. The number of hydrogen-bond donors (Lipinski definition) is 0. The molecule has 1 aliphatic rings. The van der Waals surface area contributed by atoms with E-state index >= 15 is 0 Å². The van der Waals surface area contributed by atoms with E-state index < -0.39 is 0 Å². The molecule has 5 heteroatoms. The molecule has 5 nitrogen and oxygen atoms in total. The number of nitrogens with zero attached hydrogens (tertiary/aromatic N) is 3. The van der Waals surface area contributed by atoms with Crippen LogP contribution in [0.3, 0.4) is 0 Å². The van der Waals surface area contributed by atoms with Gasteiger partial charge in [0.05, 0.1) is 6.07 Å². The molecule has 0 aliphatic carbocycles. The predicted molar refractivity (Wildman–Crippen MR) is 74.9 cm³/mol.